The number of hydrogen-bond donors (Lipinski definition) is 2. The van der Waals surface area contributed by atoms with Gasteiger partial charge in [0, 0.05) is 12.1 Å². The smallest absolute Gasteiger partial charge is 0.263 e. The monoisotopic (exact) mass is 319 g/mol. The van der Waals surface area contributed by atoms with Crippen LogP contribution in [0.5, 0.6) is 0 Å². The number of rotatable bonds is 5. The second kappa shape index (κ2) is 5.78. The molecule has 1 heterocycles. The molecule has 0 bridgehead atoms. The van der Waals surface area contributed by atoms with E-state index in [2.05, 4.69) is 10.3 Å². The highest BCUT2D eigenvalue weighted by atomic mass is 32.1. The van der Waals surface area contributed by atoms with Crippen molar-refractivity contribution in [2.24, 2.45) is 11.7 Å². The average Bonchev–Trinajstić information content (AvgIpc) is 3.26. The molecule has 116 valence electrons. The predicted molar refractivity (Wildman–Crippen MR) is 85.2 cm³/mol. The van der Waals surface area contributed by atoms with Gasteiger partial charge in [-0.05, 0) is 37.8 Å². The standard InChI is InChI=1S/C16H18FN3OS/c1-16(9-18,10-6-7-10)20-14(21)13-8-19-15(22-13)11-4-2-3-5-12(11)17/h2-5,8,10H,6-7,9,18H2,1H3,(H,20,21). The zero-order valence-corrected chi connectivity index (χ0v) is 13.1. The number of carbonyl (C=O) groups excluding carboxylic acids is 1. The maximum atomic E-state index is 13.8. The summed E-state index contributed by atoms with van der Waals surface area (Å²) in [5.74, 6) is -0.0889. The van der Waals surface area contributed by atoms with Gasteiger partial charge in [-0.2, -0.15) is 0 Å². The van der Waals surface area contributed by atoms with Crippen molar-refractivity contribution in [1.82, 2.24) is 10.3 Å². The molecule has 0 radical (unpaired) electrons. The van der Waals surface area contributed by atoms with E-state index in [-0.39, 0.29) is 17.3 Å². The number of halogens is 1. The number of aromatic nitrogens is 1. The fraction of sp³-hybridized carbons (Fsp3) is 0.375. The summed E-state index contributed by atoms with van der Waals surface area (Å²) >= 11 is 1.19. The highest BCUT2D eigenvalue weighted by Gasteiger charge is 2.41. The highest BCUT2D eigenvalue weighted by molar-refractivity contribution is 7.16. The first-order valence-electron chi connectivity index (χ1n) is 7.27. The second-order valence-electron chi connectivity index (χ2n) is 5.86. The molecule has 1 aromatic heterocycles. The van der Waals surface area contributed by atoms with Gasteiger partial charge in [-0.1, -0.05) is 12.1 Å². The Bertz CT molecular complexity index is 698. The van der Waals surface area contributed by atoms with Gasteiger partial charge in [0.05, 0.1) is 11.7 Å². The average molecular weight is 319 g/mol. The van der Waals surface area contributed by atoms with Crippen LogP contribution in [-0.2, 0) is 0 Å². The van der Waals surface area contributed by atoms with Crippen molar-refractivity contribution >= 4 is 17.2 Å². The van der Waals surface area contributed by atoms with Gasteiger partial charge < -0.3 is 11.1 Å². The molecule has 0 aliphatic heterocycles. The summed E-state index contributed by atoms with van der Waals surface area (Å²) in [6.07, 6.45) is 3.68. The summed E-state index contributed by atoms with van der Waals surface area (Å²) < 4.78 is 13.8. The van der Waals surface area contributed by atoms with E-state index in [0.717, 1.165) is 12.8 Å². The van der Waals surface area contributed by atoms with Gasteiger partial charge >= 0.3 is 0 Å². The van der Waals surface area contributed by atoms with Crippen LogP contribution < -0.4 is 11.1 Å². The summed E-state index contributed by atoms with van der Waals surface area (Å²) in [7, 11) is 0. The number of carbonyl (C=O) groups is 1. The van der Waals surface area contributed by atoms with Crippen molar-refractivity contribution in [3.63, 3.8) is 0 Å². The third-order valence-electron chi connectivity index (χ3n) is 4.14. The fourth-order valence-electron chi connectivity index (χ4n) is 2.50. The Labute approximate surface area is 132 Å². The molecule has 0 saturated heterocycles. The van der Waals surface area contributed by atoms with Gasteiger partial charge in [0.15, 0.2) is 0 Å². The van der Waals surface area contributed by atoms with Crippen LogP contribution in [0.2, 0.25) is 0 Å². The van der Waals surface area contributed by atoms with Gasteiger partial charge in [-0.25, -0.2) is 9.37 Å². The van der Waals surface area contributed by atoms with Crippen LogP contribution in [0.1, 0.15) is 29.4 Å². The topological polar surface area (TPSA) is 68.0 Å². The maximum Gasteiger partial charge on any atom is 0.263 e. The largest absolute Gasteiger partial charge is 0.345 e. The molecule has 1 atom stereocenters. The van der Waals surface area contributed by atoms with Gasteiger partial charge in [-0.3, -0.25) is 4.79 Å². The van der Waals surface area contributed by atoms with Crippen LogP contribution in [0, 0.1) is 11.7 Å². The van der Waals surface area contributed by atoms with E-state index in [1.54, 1.807) is 18.2 Å². The van der Waals surface area contributed by atoms with Gasteiger partial charge in [-0.15, -0.1) is 11.3 Å². The minimum Gasteiger partial charge on any atom is -0.345 e. The van der Waals surface area contributed by atoms with Crippen molar-refractivity contribution in [3.05, 3.63) is 41.2 Å². The molecule has 1 aliphatic rings. The van der Waals surface area contributed by atoms with Crippen LogP contribution in [0.3, 0.4) is 0 Å². The van der Waals surface area contributed by atoms with Crippen molar-refractivity contribution in [2.75, 3.05) is 6.54 Å². The summed E-state index contributed by atoms with van der Waals surface area (Å²) in [6, 6.07) is 6.42. The Kier molecular flexibility index (Phi) is 3.97. The molecule has 1 unspecified atom stereocenters. The first-order chi connectivity index (χ1) is 10.5. The van der Waals surface area contributed by atoms with E-state index in [1.807, 2.05) is 6.92 Å². The quantitative estimate of drug-likeness (QED) is 0.890. The molecule has 1 aliphatic carbocycles. The minimum absolute atomic E-state index is 0.195. The third kappa shape index (κ3) is 2.89. The summed E-state index contributed by atoms with van der Waals surface area (Å²) in [5, 5.41) is 3.52. The van der Waals surface area contributed by atoms with E-state index >= 15 is 0 Å². The molecular formula is C16H18FN3OS. The van der Waals surface area contributed by atoms with Crippen LogP contribution >= 0.6 is 11.3 Å². The lowest BCUT2D eigenvalue weighted by Crippen LogP contribution is -2.53. The van der Waals surface area contributed by atoms with Gasteiger partial charge in [0.1, 0.15) is 15.7 Å². The molecule has 4 nitrogen and oxygen atoms in total. The molecule has 0 spiro atoms. The molecule has 1 fully saturated rings. The number of nitrogens with two attached hydrogens (primary N) is 1. The number of thiazole rings is 1. The van der Waals surface area contributed by atoms with Crippen molar-refractivity contribution < 1.29 is 9.18 Å². The first kappa shape index (κ1) is 15.1. The molecule has 1 amide bonds. The summed E-state index contributed by atoms with van der Waals surface area (Å²) in [6.45, 7) is 2.38. The molecule has 1 aromatic carbocycles. The molecule has 1 saturated carbocycles. The Hall–Kier alpha value is -1.79. The van der Waals surface area contributed by atoms with E-state index in [0.29, 0.717) is 27.9 Å². The Balaban J connectivity index is 1.79. The van der Waals surface area contributed by atoms with Gasteiger partial charge in [0.2, 0.25) is 0 Å². The van der Waals surface area contributed by atoms with E-state index in [1.165, 1.54) is 23.6 Å². The maximum absolute atomic E-state index is 13.8. The number of benzene rings is 1. The van der Waals surface area contributed by atoms with Crippen molar-refractivity contribution in [2.45, 2.75) is 25.3 Å². The minimum atomic E-state index is -0.376. The van der Waals surface area contributed by atoms with Crippen LogP contribution in [-0.4, -0.2) is 23.0 Å². The van der Waals surface area contributed by atoms with E-state index in [9.17, 15) is 9.18 Å². The molecule has 3 rings (SSSR count). The normalized spacial score (nSPS) is 17.0. The lowest BCUT2D eigenvalue weighted by molar-refractivity contribution is 0.0902. The van der Waals surface area contributed by atoms with Crippen LogP contribution in [0.25, 0.3) is 10.6 Å². The van der Waals surface area contributed by atoms with Crippen LogP contribution in [0.15, 0.2) is 30.5 Å². The third-order valence-corrected chi connectivity index (χ3v) is 5.16. The first-order valence-corrected chi connectivity index (χ1v) is 8.08. The number of nitrogens with one attached hydrogen (secondary N) is 1. The zero-order valence-electron chi connectivity index (χ0n) is 12.3. The Morgan fingerprint density at radius 1 is 1.50 bits per heavy atom. The van der Waals surface area contributed by atoms with Crippen molar-refractivity contribution in [3.8, 4) is 10.6 Å². The molecule has 6 heteroatoms. The Morgan fingerprint density at radius 3 is 2.86 bits per heavy atom. The number of amides is 1. The van der Waals surface area contributed by atoms with Gasteiger partial charge in [0.25, 0.3) is 5.91 Å². The lowest BCUT2D eigenvalue weighted by Gasteiger charge is -2.29. The fourth-order valence-corrected chi connectivity index (χ4v) is 3.34. The van der Waals surface area contributed by atoms with Crippen LogP contribution in [0.4, 0.5) is 4.39 Å². The molecular weight excluding hydrogens is 301 g/mol. The van der Waals surface area contributed by atoms with E-state index in [4.69, 9.17) is 5.73 Å². The number of hydrogen-bond acceptors (Lipinski definition) is 4. The number of nitrogens with zero attached hydrogens (tertiary/aromatic N) is 1. The SMILES string of the molecule is CC(CN)(NC(=O)c1cnc(-c2ccccc2F)s1)C1CC1. The lowest BCUT2D eigenvalue weighted by atomic mass is 9.96. The Morgan fingerprint density at radius 2 is 2.23 bits per heavy atom. The van der Waals surface area contributed by atoms with E-state index < -0.39 is 0 Å². The molecule has 2 aromatic rings. The highest BCUT2D eigenvalue weighted by Crippen LogP contribution is 2.39. The second-order valence-corrected chi connectivity index (χ2v) is 6.89. The summed E-state index contributed by atoms with van der Waals surface area (Å²) in [5.41, 5.74) is 5.85. The zero-order chi connectivity index (χ0) is 15.7. The molecule has 22 heavy (non-hydrogen) atoms. The van der Waals surface area contributed by atoms with Crippen molar-refractivity contribution in [1.29, 1.82) is 0 Å². The summed E-state index contributed by atoms with van der Waals surface area (Å²) in [4.78, 5) is 17.0. The molecule has 3 N–H and O–H groups in total. The predicted octanol–water partition coefficient (Wildman–Crippen LogP) is 2.81.